The van der Waals surface area contributed by atoms with Crippen LogP contribution >= 0.6 is 0 Å². The van der Waals surface area contributed by atoms with E-state index >= 15 is 0 Å². The molecule has 0 radical (unpaired) electrons. The molecule has 0 spiro atoms. The van der Waals surface area contributed by atoms with Crippen LogP contribution in [0.4, 0.5) is 10.1 Å². The molecule has 0 aromatic heterocycles. The van der Waals surface area contributed by atoms with Crippen LogP contribution in [0.15, 0.2) is 65.6 Å². The minimum Gasteiger partial charge on any atom is -0.505 e. The number of phenols is 1. The minimum absolute atomic E-state index is 0.0494. The van der Waals surface area contributed by atoms with E-state index < -0.39 is 21.6 Å². The lowest BCUT2D eigenvalue weighted by Crippen LogP contribution is -2.14. The lowest BCUT2D eigenvalue weighted by molar-refractivity contribution is 0.434. The van der Waals surface area contributed by atoms with E-state index in [-0.39, 0.29) is 10.6 Å². The highest BCUT2D eigenvalue weighted by atomic mass is 32.2. The SMILES string of the molecule is O=S(=O)(Nc1cccc(O)c1F)c1cccc2ccccc12. The van der Waals surface area contributed by atoms with E-state index in [1.165, 1.54) is 18.2 Å². The smallest absolute Gasteiger partial charge is 0.262 e. The van der Waals surface area contributed by atoms with E-state index in [2.05, 4.69) is 4.72 Å². The Morgan fingerprint density at radius 2 is 1.59 bits per heavy atom. The molecule has 6 heteroatoms. The number of benzene rings is 3. The third-order valence-electron chi connectivity index (χ3n) is 3.26. The molecule has 0 aliphatic rings. The molecule has 0 amide bonds. The number of aromatic hydroxyl groups is 1. The van der Waals surface area contributed by atoms with Gasteiger partial charge in [-0.25, -0.2) is 12.8 Å². The van der Waals surface area contributed by atoms with Gasteiger partial charge in [-0.05, 0) is 23.6 Å². The monoisotopic (exact) mass is 317 g/mol. The van der Waals surface area contributed by atoms with Crippen LogP contribution in [0.5, 0.6) is 5.75 Å². The normalized spacial score (nSPS) is 11.5. The standard InChI is InChI=1S/C16H12FNO3S/c17-16-13(8-4-9-14(16)19)18-22(20,21)15-10-3-6-11-5-1-2-7-12(11)15/h1-10,18-19H. The van der Waals surface area contributed by atoms with Crippen LogP contribution < -0.4 is 4.72 Å². The van der Waals surface area contributed by atoms with Crippen LogP contribution in [0, 0.1) is 5.82 Å². The number of phenolic OH excluding ortho intramolecular Hbond substituents is 1. The number of halogens is 1. The summed E-state index contributed by atoms with van der Waals surface area (Å²) in [4.78, 5) is 0.0494. The van der Waals surface area contributed by atoms with Gasteiger partial charge in [0.15, 0.2) is 11.6 Å². The molecule has 0 bridgehead atoms. The molecule has 22 heavy (non-hydrogen) atoms. The van der Waals surface area contributed by atoms with Crippen molar-refractivity contribution < 1.29 is 17.9 Å². The summed E-state index contributed by atoms with van der Waals surface area (Å²) in [5, 5.41) is 10.6. The van der Waals surface area contributed by atoms with Gasteiger partial charge in [0.05, 0.1) is 10.6 Å². The lowest BCUT2D eigenvalue weighted by Gasteiger charge is -2.11. The Kier molecular flexibility index (Phi) is 3.46. The highest BCUT2D eigenvalue weighted by Gasteiger charge is 2.19. The third-order valence-corrected chi connectivity index (χ3v) is 4.69. The molecule has 0 atom stereocenters. The second kappa shape index (κ2) is 5.31. The largest absolute Gasteiger partial charge is 0.505 e. The quantitative estimate of drug-likeness (QED) is 0.777. The first-order valence-corrected chi connectivity index (χ1v) is 7.95. The zero-order valence-electron chi connectivity index (χ0n) is 11.3. The molecule has 0 fully saturated rings. The second-order valence-corrected chi connectivity index (χ2v) is 6.37. The van der Waals surface area contributed by atoms with Gasteiger partial charge in [0.25, 0.3) is 10.0 Å². The molecular weight excluding hydrogens is 305 g/mol. The molecule has 3 aromatic rings. The van der Waals surface area contributed by atoms with Gasteiger partial charge in [-0.1, -0.05) is 42.5 Å². The first-order chi connectivity index (χ1) is 10.5. The highest BCUT2D eigenvalue weighted by Crippen LogP contribution is 2.28. The summed E-state index contributed by atoms with van der Waals surface area (Å²) in [5.74, 6) is -1.62. The summed E-state index contributed by atoms with van der Waals surface area (Å²) in [5.41, 5.74) is -0.298. The van der Waals surface area contributed by atoms with Crippen LogP contribution in [0.25, 0.3) is 10.8 Å². The van der Waals surface area contributed by atoms with Crippen LogP contribution in [-0.4, -0.2) is 13.5 Å². The van der Waals surface area contributed by atoms with Crippen LogP contribution in [0.1, 0.15) is 0 Å². The van der Waals surface area contributed by atoms with Crippen molar-refractivity contribution >= 4 is 26.5 Å². The highest BCUT2D eigenvalue weighted by molar-refractivity contribution is 7.93. The maximum absolute atomic E-state index is 13.8. The molecule has 4 nitrogen and oxygen atoms in total. The maximum atomic E-state index is 13.8. The predicted octanol–water partition coefficient (Wildman–Crippen LogP) is 3.49. The molecule has 0 saturated heterocycles. The molecule has 3 rings (SSSR count). The van der Waals surface area contributed by atoms with Gasteiger partial charge < -0.3 is 5.11 Å². The summed E-state index contributed by atoms with van der Waals surface area (Å²) in [6.45, 7) is 0. The Hall–Kier alpha value is -2.60. The van der Waals surface area contributed by atoms with E-state index in [1.54, 1.807) is 36.4 Å². The average Bonchev–Trinajstić information content (AvgIpc) is 2.51. The Bertz CT molecular complexity index is 949. The molecule has 3 aromatic carbocycles. The Balaban J connectivity index is 2.11. The summed E-state index contributed by atoms with van der Waals surface area (Å²) in [7, 11) is -3.98. The zero-order valence-corrected chi connectivity index (χ0v) is 12.1. The van der Waals surface area contributed by atoms with Gasteiger partial charge in [0.2, 0.25) is 0 Å². The van der Waals surface area contributed by atoms with Crippen LogP contribution in [0.2, 0.25) is 0 Å². The lowest BCUT2D eigenvalue weighted by atomic mass is 10.1. The second-order valence-electron chi connectivity index (χ2n) is 4.72. The summed E-state index contributed by atoms with van der Waals surface area (Å²) < 4.78 is 41.0. The van der Waals surface area contributed by atoms with Crippen molar-refractivity contribution in [1.82, 2.24) is 0 Å². The van der Waals surface area contributed by atoms with Gasteiger partial charge in [0, 0.05) is 5.39 Å². The van der Waals surface area contributed by atoms with Crippen molar-refractivity contribution in [2.24, 2.45) is 0 Å². The van der Waals surface area contributed by atoms with Gasteiger partial charge in [-0.3, -0.25) is 4.72 Å². The zero-order chi connectivity index (χ0) is 15.7. The van der Waals surface area contributed by atoms with E-state index in [0.717, 1.165) is 11.5 Å². The molecule has 0 aliphatic carbocycles. The Morgan fingerprint density at radius 3 is 2.41 bits per heavy atom. The van der Waals surface area contributed by atoms with E-state index in [9.17, 15) is 17.9 Å². The van der Waals surface area contributed by atoms with Crippen molar-refractivity contribution in [3.05, 3.63) is 66.5 Å². The molecule has 112 valence electrons. The Labute approximate surface area is 126 Å². The number of rotatable bonds is 3. The topological polar surface area (TPSA) is 66.4 Å². The van der Waals surface area contributed by atoms with Crippen molar-refractivity contribution in [3.63, 3.8) is 0 Å². The predicted molar refractivity (Wildman–Crippen MR) is 82.8 cm³/mol. The minimum atomic E-state index is -3.98. The number of sulfonamides is 1. The van der Waals surface area contributed by atoms with E-state index in [1.807, 2.05) is 0 Å². The Morgan fingerprint density at radius 1 is 0.909 bits per heavy atom. The fraction of sp³-hybridized carbons (Fsp3) is 0. The fourth-order valence-corrected chi connectivity index (χ4v) is 3.52. The van der Waals surface area contributed by atoms with Gasteiger partial charge in [0.1, 0.15) is 0 Å². The molecule has 0 saturated carbocycles. The van der Waals surface area contributed by atoms with Crippen molar-refractivity contribution in [1.29, 1.82) is 0 Å². The van der Waals surface area contributed by atoms with E-state index in [4.69, 9.17) is 0 Å². The summed E-state index contributed by atoms with van der Waals surface area (Å²) in [6.07, 6.45) is 0. The molecule has 0 aliphatic heterocycles. The molecule has 0 unspecified atom stereocenters. The number of fused-ring (bicyclic) bond motifs is 1. The van der Waals surface area contributed by atoms with Crippen LogP contribution in [0.3, 0.4) is 0 Å². The van der Waals surface area contributed by atoms with Crippen molar-refractivity contribution in [2.45, 2.75) is 4.90 Å². The first-order valence-electron chi connectivity index (χ1n) is 6.47. The van der Waals surface area contributed by atoms with Gasteiger partial charge >= 0.3 is 0 Å². The van der Waals surface area contributed by atoms with Gasteiger partial charge in [-0.2, -0.15) is 0 Å². The van der Waals surface area contributed by atoms with Crippen molar-refractivity contribution in [3.8, 4) is 5.75 Å². The molecule has 2 N–H and O–H groups in total. The number of nitrogens with one attached hydrogen (secondary N) is 1. The van der Waals surface area contributed by atoms with E-state index in [0.29, 0.717) is 5.39 Å². The summed E-state index contributed by atoms with van der Waals surface area (Å²) in [6, 6.07) is 15.6. The maximum Gasteiger partial charge on any atom is 0.262 e. The number of hydrogen-bond acceptors (Lipinski definition) is 3. The average molecular weight is 317 g/mol. The molecule has 0 heterocycles. The fourth-order valence-electron chi connectivity index (χ4n) is 2.23. The first kappa shape index (κ1) is 14.3. The number of hydrogen-bond donors (Lipinski definition) is 2. The third kappa shape index (κ3) is 2.48. The molecular formula is C16H12FNO3S. The number of anilines is 1. The summed E-state index contributed by atoms with van der Waals surface area (Å²) >= 11 is 0. The van der Waals surface area contributed by atoms with Crippen molar-refractivity contribution in [2.75, 3.05) is 4.72 Å². The van der Waals surface area contributed by atoms with Crippen LogP contribution in [-0.2, 0) is 10.0 Å². The van der Waals surface area contributed by atoms with Gasteiger partial charge in [-0.15, -0.1) is 0 Å².